The Balaban J connectivity index is 2.22. The number of piperidine rings is 1. The first-order chi connectivity index (χ1) is 8.95. The van der Waals surface area contributed by atoms with Crippen molar-refractivity contribution in [2.45, 2.75) is 33.1 Å². The Hall–Kier alpha value is -1.78. The molecule has 0 spiro atoms. The number of pyridine rings is 1. The van der Waals surface area contributed by atoms with Gasteiger partial charge in [-0.15, -0.1) is 0 Å². The molecule has 5 nitrogen and oxygen atoms in total. The molecule has 0 radical (unpaired) electrons. The van der Waals surface area contributed by atoms with Crippen LogP contribution in [0.4, 0.5) is 11.5 Å². The molecule has 0 atom stereocenters. The van der Waals surface area contributed by atoms with Crippen LogP contribution in [0.15, 0.2) is 12.3 Å². The molecule has 1 aliphatic rings. The van der Waals surface area contributed by atoms with Crippen LogP contribution in [0.2, 0.25) is 0 Å². The van der Waals surface area contributed by atoms with Crippen LogP contribution in [-0.2, 0) is 0 Å². The minimum absolute atomic E-state index is 0.195. The summed E-state index contributed by atoms with van der Waals surface area (Å²) >= 11 is 0. The van der Waals surface area contributed by atoms with Gasteiger partial charge in [0.2, 0.25) is 0 Å². The molecule has 0 aromatic carbocycles. The standard InChI is InChI=1S/C14H21N3O2/c1-3-14(2)4-6-17(7-5-14)12-11(13(18)19)8-10(15)9-16-12/h8-9H,3-7,15H2,1-2H3,(H,18,19). The molecule has 104 valence electrons. The molecular weight excluding hydrogens is 242 g/mol. The third kappa shape index (κ3) is 2.80. The van der Waals surface area contributed by atoms with Crippen molar-refractivity contribution < 1.29 is 9.90 Å². The Morgan fingerprint density at radius 2 is 2.16 bits per heavy atom. The lowest BCUT2D eigenvalue weighted by molar-refractivity contribution is 0.0697. The minimum Gasteiger partial charge on any atom is -0.478 e. The van der Waals surface area contributed by atoms with Crippen LogP contribution >= 0.6 is 0 Å². The first kappa shape index (κ1) is 13.6. The summed E-state index contributed by atoms with van der Waals surface area (Å²) in [4.78, 5) is 17.6. The molecule has 2 heterocycles. The zero-order valence-corrected chi connectivity index (χ0v) is 11.5. The average molecular weight is 263 g/mol. The number of nitrogen functional groups attached to an aromatic ring is 1. The van der Waals surface area contributed by atoms with E-state index in [9.17, 15) is 9.90 Å². The van der Waals surface area contributed by atoms with Gasteiger partial charge in [0.05, 0.1) is 11.9 Å². The van der Waals surface area contributed by atoms with Gasteiger partial charge in [0.1, 0.15) is 11.4 Å². The molecule has 1 fully saturated rings. The van der Waals surface area contributed by atoms with E-state index in [1.807, 2.05) is 0 Å². The van der Waals surface area contributed by atoms with E-state index >= 15 is 0 Å². The highest BCUT2D eigenvalue weighted by Crippen LogP contribution is 2.36. The summed E-state index contributed by atoms with van der Waals surface area (Å²) in [6, 6.07) is 1.48. The van der Waals surface area contributed by atoms with E-state index < -0.39 is 5.97 Å². The number of carboxylic acids is 1. The van der Waals surface area contributed by atoms with Crippen molar-refractivity contribution in [2.24, 2.45) is 5.41 Å². The molecular formula is C14H21N3O2. The normalized spacial score (nSPS) is 18.3. The number of anilines is 2. The molecule has 0 aliphatic carbocycles. The number of nitrogens with two attached hydrogens (primary N) is 1. The SMILES string of the molecule is CCC1(C)CCN(c2ncc(N)cc2C(=O)O)CC1. The van der Waals surface area contributed by atoms with Crippen molar-refractivity contribution in [3.8, 4) is 0 Å². The molecule has 0 saturated carbocycles. The van der Waals surface area contributed by atoms with Crippen molar-refractivity contribution in [1.82, 2.24) is 4.98 Å². The first-order valence-electron chi connectivity index (χ1n) is 6.69. The van der Waals surface area contributed by atoms with Gasteiger partial charge in [0.25, 0.3) is 0 Å². The van der Waals surface area contributed by atoms with Crippen LogP contribution in [0.5, 0.6) is 0 Å². The zero-order valence-electron chi connectivity index (χ0n) is 11.5. The molecule has 3 N–H and O–H groups in total. The maximum absolute atomic E-state index is 11.3. The van der Waals surface area contributed by atoms with Crippen molar-refractivity contribution in [2.75, 3.05) is 23.7 Å². The van der Waals surface area contributed by atoms with E-state index in [-0.39, 0.29) is 5.56 Å². The summed E-state index contributed by atoms with van der Waals surface area (Å²) in [6.07, 6.45) is 4.81. The topological polar surface area (TPSA) is 79.5 Å². The van der Waals surface area contributed by atoms with Crippen LogP contribution < -0.4 is 10.6 Å². The Bertz CT molecular complexity index is 480. The third-order valence-electron chi connectivity index (χ3n) is 4.24. The Kier molecular flexibility index (Phi) is 3.64. The van der Waals surface area contributed by atoms with E-state index in [1.165, 1.54) is 12.3 Å². The van der Waals surface area contributed by atoms with Gasteiger partial charge in [-0.3, -0.25) is 0 Å². The van der Waals surface area contributed by atoms with E-state index in [2.05, 4.69) is 23.7 Å². The quantitative estimate of drug-likeness (QED) is 0.875. The lowest BCUT2D eigenvalue weighted by Gasteiger charge is -2.39. The van der Waals surface area contributed by atoms with E-state index in [0.717, 1.165) is 32.4 Å². The van der Waals surface area contributed by atoms with Crippen LogP contribution in [-0.4, -0.2) is 29.1 Å². The molecule has 5 heteroatoms. The average Bonchev–Trinajstić information content (AvgIpc) is 2.40. The molecule has 1 saturated heterocycles. The molecule has 1 aliphatic heterocycles. The van der Waals surface area contributed by atoms with Gasteiger partial charge in [-0.1, -0.05) is 20.3 Å². The second-order valence-electron chi connectivity index (χ2n) is 5.60. The highest BCUT2D eigenvalue weighted by molar-refractivity contribution is 5.94. The zero-order chi connectivity index (χ0) is 14.0. The third-order valence-corrected chi connectivity index (χ3v) is 4.24. The lowest BCUT2D eigenvalue weighted by Crippen LogP contribution is -2.39. The molecule has 0 unspecified atom stereocenters. The van der Waals surface area contributed by atoms with Gasteiger partial charge in [-0.2, -0.15) is 0 Å². The van der Waals surface area contributed by atoms with E-state index in [0.29, 0.717) is 16.9 Å². The number of nitrogens with zero attached hydrogens (tertiary/aromatic N) is 2. The molecule has 2 rings (SSSR count). The largest absolute Gasteiger partial charge is 0.478 e. The summed E-state index contributed by atoms with van der Waals surface area (Å²) in [6.45, 7) is 6.20. The number of hydrogen-bond acceptors (Lipinski definition) is 4. The summed E-state index contributed by atoms with van der Waals surface area (Å²) in [5.41, 5.74) is 6.56. The van der Waals surface area contributed by atoms with Crippen molar-refractivity contribution in [3.05, 3.63) is 17.8 Å². The van der Waals surface area contributed by atoms with E-state index in [1.54, 1.807) is 0 Å². The fraction of sp³-hybridized carbons (Fsp3) is 0.571. The Morgan fingerprint density at radius 3 is 2.68 bits per heavy atom. The van der Waals surface area contributed by atoms with Crippen molar-refractivity contribution in [1.29, 1.82) is 0 Å². The first-order valence-corrected chi connectivity index (χ1v) is 6.69. The number of aromatic nitrogens is 1. The predicted octanol–water partition coefficient (Wildman–Crippen LogP) is 2.38. The summed E-state index contributed by atoms with van der Waals surface area (Å²) in [5.74, 6) is -0.432. The highest BCUT2D eigenvalue weighted by atomic mass is 16.4. The Labute approximate surface area is 113 Å². The molecule has 0 bridgehead atoms. The number of carbonyl (C=O) groups is 1. The Morgan fingerprint density at radius 1 is 1.53 bits per heavy atom. The summed E-state index contributed by atoms with van der Waals surface area (Å²) < 4.78 is 0. The van der Waals surface area contributed by atoms with Gasteiger partial charge in [0, 0.05) is 13.1 Å². The molecule has 0 amide bonds. The van der Waals surface area contributed by atoms with Crippen LogP contribution in [0.25, 0.3) is 0 Å². The lowest BCUT2D eigenvalue weighted by atomic mass is 9.78. The highest BCUT2D eigenvalue weighted by Gasteiger charge is 2.30. The van der Waals surface area contributed by atoms with Crippen LogP contribution in [0, 0.1) is 5.41 Å². The maximum atomic E-state index is 11.3. The smallest absolute Gasteiger partial charge is 0.339 e. The molecule has 1 aromatic heterocycles. The minimum atomic E-state index is -0.973. The maximum Gasteiger partial charge on any atom is 0.339 e. The van der Waals surface area contributed by atoms with Gasteiger partial charge in [-0.25, -0.2) is 9.78 Å². The van der Waals surface area contributed by atoms with Gasteiger partial charge in [0.15, 0.2) is 0 Å². The number of carboxylic acid groups (broad SMARTS) is 1. The van der Waals surface area contributed by atoms with Crippen molar-refractivity contribution >= 4 is 17.5 Å². The van der Waals surface area contributed by atoms with Gasteiger partial charge in [-0.05, 0) is 24.3 Å². The number of aromatic carboxylic acids is 1. The van der Waals surface area contributed by atoms with Gasteiger partial charge >= 0.3 is 5.97 Å². The molecule has 19 heavy (non-hydrogen) atoms. The second kappa shape index (κ2) is 5.07. The number of rotatable bonds is 3. The van der Waals surface area contributed by atoms with E-state index in [4.69, 9.17) is 5.73 Å². The number of hydrogen-bond donors (Lipinski definition) is 2. The fourth-order valence-electron chi connectivity index (χ4n) is 2.49. The molecule has 1 aromatic rings. The summed E-state index contributed by atoms with van der Waals surface area (Å²) in [7, 11) is 0. The summed E-state index contributed by atoms with van der Waals surface area (Å²) in [5, 5.41) is 9.25. The monoisotopic (exact) mass is 263 g/mol. The van der Waals surface area contributed by atoms with Gasteiger partial charge < -0.3 is 15.7 Å². The predicted molar refractivity (Wildman–Crippen MR) is 75.5 cm³/mol. The van der Waals surface area contributed by atoms with Crippen LogP contribution in [0.1, 0.15) is 43.5 Å². The van der Waals surface area contributed by atoms with Crippen LogP contribution in [0.3, 0.4) is 0 Å². The fourth-order valence-corrected chi connectivity index (χ4v) is 2.49. The van der Waals surface area contributed by atoms with Crippen molar-refractivity contribution in [3.63, 3.8) is 0 Å². The second-order valence-corrected chi connectivity index (χ2v) is 5.60.